The lowest BCUT2D eigenvalue weighted by Gasteiger charge is -2.36. The summed E-state index contributed by atoms with van der Waals surface area (Å²) >= 11 is 0. The molecule has 106 valence electrons. The normalized spacial score (nSPS) is 19.4. The highest BCUT2D eigenvalue weighted by Gasteiger charge is 2.38. The number of hydrogen-bond acceptors (Lipinski definition) is 4. The molecule has 0 bridgehead atoms. The molecule has 0 saturated heterocycles. The van der Waals surface area contributed by atoms with Gasteiger partial charge in [-0.3, -0.25) is 4.90 Å². The van der Waals surface area contributed by atoms with Crippen molar-refractivity contribution >= 4 is 0 Å². The third kappa shape index (κ3) is 2.42. The molecule has 4 nitrogen and oxygen atoms in total. The molecule has 0 spiro atoms. The summed E-state index contributed by atoms with van der Waals surface area (Å²) in [7, 11) is 3.38. The molecule has 1 unspecified atom stereocenters. The third-order valence-corrected chi connectivity index (χ3v) is 3.79. The van der Waals surface area contributed by atoms with Gasteiger partial charge in [0.15, 0.2) is 0 Å². The fourth-order valence-electron chi connectivity index (χ4n) is 2.85. The van der Waals surface area contributed by atoms with E-state index in [0.717, 1.165) is 18.0 Å². The summed E-state index contributed by atoms with van der Waals surface area (Å²) in [6.45, 7) is 8.11. The van der Waals surface area contributed by atoms with Gasteiger partial charge in [0.05, 0.1) is 20.3 Å². The Morgan fingerprint density at radius 1 is 1.26 bits per heavy atom. The van der Waals surface area contributed by atoms with Crippen LogP contribution in [0.1, 0.15) is 37.9 Å². The highest BCUT2D eigenvalue weighted by molar-refractivity contribution is 5.51. The summed E-state index contributed by atoms with van der Waals surface area (Å²) in [6, 6.07) is 4.23. The summed E-state index contributed by atoms with van der Waals surface area (Å²) in [5.74, 6) is 1.71. The van der Waals surface area contributed by atoms with Crippen molar-refractivity contribution in [1.82, 2.24) is 4.90 Å². The number of nitrogens with two attached hydrogens (primary N) is 1. The Balaban J connectivity index is 2.51. The number of hydrogen-bond donors (Lipinski definition) is 1. The Hall–Kier alpha value is -1.26. The molecule has 1 aromatic carbocycles. The van der Waals surface area contributed by atoms with E-state index in [-0.39, 0.29) is 11.6 Å². The van der Waals surface area contributed by atoms with Crippen molar-refractivity contribution in [2.75, 3.05) is 20.8 Å². The summed E-state index contributed by atoms with van der Waals surface area (Å²) in [5, 5.41) is 0. The van der Waals surface area contributed by atoms with Gasteiger partial charge in [-0.1, -0.05) is 0 Å². The van der Waals surface area contributed by atoms with E-state index in [1.54, 1.807) is 14.2 Å². The summed E-state index contributed by atoms with van der Waals surface area (Å²) < 4.78 is 10.9. The van der Waals surface area contributed by atoms with Crippen LogP contribution in [0.4, 0.5) is 0 Å². The van der Waals surface area contributed by atoms with E-state index in [0.29, 0.717) is 6.54 Å². The summed E-state index contributed by atoms with van der Waals surface area (Å²) in [5.41, 5.74) is 8.53. The molecular formula is C15H24N2O2. The fraction of sp³-hybridized carbons (Fsp3) is 0.600. The van der Waals surface area contributed by atoms with Crippen molar-refractivity contribution in [2.24, 2.45) is 5.73 Å². The maximum absolute atomic E-state index is 6.00. The molecule has 1 aromatic rings. The monoisotopic (exact) mass is 264 g/mol. The van der Waals surface area contributed by atoms with Gasteiger partial charge in [-0.05, 0) is 32.4 Å². The number of rotatable bonds is 3. The molecule has 1 aliphatic rings. The van der Waals surface area contributed by atoms with Gasteiger partial charge in [0, 0.05) is 30.3 Å². The van der Waals surface area contributed by atoms with Gasteiger partial charge >= 0.3 is 0 Å². The van der Waals surface area contributed by atoms with Crippen molar-refractivity contribution in [3.63, 3.8) is 0 Å². The highest BCUT2D eigenvalue weighted by Crippen LogP contribution is 2.44. The Bertz CT molecular complexity index is 466. The topological polar surface area (TPSA) is 47.7 Å². The lowest BCUT2D eigenvalue weighted by atomic mass is 10.0. The average Bonchev–Trinajstić information content (AvgIpc) is 2.75. The second-order valence-electron chi connectivity index (χ2n) is 5.95. The molecule has 0 aliphatic carbocycles. The molecule has 1 aliphatic heterocycles. The Morgan fingerprint density at radius 3 is 2.42 bits per heavy atom. The first-order chi connectivity index (χ1) is 8.92. The van der Waals surface area contributed by atoms with Crippen LogP contribution in [0.2, 0.25) is 0 Å². The van der Waals surface area contributed by atoms with Gasteiger partial charge in [-0.25, -0.2) is 0 Å². The molecular weight excluding hydrogens is 240 g/mol. The first-order valence-corrected chi connectivity index (χ1v) is 6.64. The van der Waals surface area contributed by atoms with Crippen molar-refractivity contribution in [1.29, 1.82) is 0 Å². The quantitative estimate of drug-likeness (QED) is 0.910. The predicted octanol–water partition coefficient (Wildman–Crippen LogP) is 2.32. The number of benzene rings is 1. The van der Waals surface area contributed by atoms with E-state index in [1.807, 2.05) is 6.07 Å². The first kappa shape index (κ1) is 14.2. The van der Waals surface area contributed by atoms with Gasteiger partial charge in [0.25, 0.3) is 0 Å². The lowest BCUT2D eigenvalue weighted by molar-refractivity contribution is 0.0940. The summed E-state index contributed by atoms with van der Waals surface area (Å²) in [6.07, 6.45) is 0. The zero-order chi connectivity index (χ0) is 14.2. The zero-order valence-electron chi connectivity index (χ0n) is 12.5. The minimum atomic E-state index is 0.0707. The highest BCUT2D eigenvalue weighted by atomic mass is 16.5. The Labute approximate surface area is 115 Å². The number of methoxy groups -OCH3 is 2. The molecule has 0 amide bonds. The third-order valence-electron chi connectivity index (χ3n) is 3.79. The molecule has 1 atom stereocenters. The molecule has 1 heterocycles. The summed E-state index contributed by atoms with van der Waals surface area (Å²) in [4.78, 5) is 2.42. The van der Waals surface area contributed by atoms with Gasteiger partial charge in [0.1, 0.15) is 11.5 Å². The molecule has 0 saturated carbocycles. The van der Waals surface area contributed by atoms with Crippen LogP contribution in [0.15, 0.2) is 12.1 Å². The molecule has 0 radical (unpaired) electrons. The van der Waals surface area contributed by atoms with Gasteiger partial charge in [-0.2, -0.15) is 0 Å². The van der Waals surface area contributed by atoms with Crippen LogP contribution in [0.5, 0.6) is 11.5 Å². The maximum atomic E-state index is 6.00. The zero-order valence-corrected chi connectivity index (χ0v) is 12.5. The lowest BCUT2D eigenvalue weighted by Crippen LogP contribution is -2.42. The number of fused-ring (bicyclic) bond motifs is 1. The standard InChI is InChI=1S/C15H24N2O2/c1-15(2,3)17-9-10-6-11(18-4)7-13(19-5)14(10)12(17)8-16/h6-7,12H,8-9,16H2,1-5H3. The number of nitrogens with zero attached hydrogens (tertiary/aromatic N) is 1. The van der Waals surface area contributed by atoms with Crippen LogP contribution in [-0.4, -0.2) is 31.2 Å². The Morgan fingerprint density at radius 2 is 1.95 bits per heavy atom. The van der Waals surface area contributed by atoms with Gasteiger partial charge in [0.2, 0.25) is 0 Å². The van der Waals surface area contributed by atoms with E-state index in [9.17, 15) is 0 Å². The first-order valence-electron chi connectivity index (χ1n) is 6.64. The van der Waals surface area contributed by atoms with E-state index < -0.39 is 0 Å². The van der Waals surface area contributed by atoms with Crippen LogP contribution in [-0.2, 0) is 6.54 Å². The maximum Gasteiger partial charge on any atom is 0.127 e. The minimum Gasteiger partial charge on any atom is -0.497 e. The predicted molar refractivity (Wildman–Crippen MR) is 76.6 cm³/mol. The van der Waals surface area contributed by atoms with Crippen molar-refractivity contribution in [3.05, 3.63) is 23.3 Å². The van der Waals surface area contributed by atoms with Crippen LogP contribution < -0.4 is 15.2 Å². The fourth-order valence-corrected chi connectivity index (χ4v) is 2.85. The van der Waals surface area contributed by atoms with E-state index >= 15 is 0 Å². The van der Waals surface area contributed by atoms with Crippen molar-refractivity contribution in [2.45, 2.75) is 38.9 Å². The Kier molecular flexibility index (Phi) is 3.74. The van der Waals surface area contributed by atoms with E-state index in [2.05, 4.69) is 31.7 Å². The van der Waals surface area contributed by atoms with E-state index in [1.165, 1.54) is 11.1 Å². The van der Waals surface area contributed by atoms with E-state index in [4.69, 9.17) is 15.2 Å². The average molecular weight is 264 g/mol. The van der Waals surface area contributed by atoms with Crippen LogP contribution >= 0.6 is 0 Å². The van der Waals surface area contributed by atoms with Gasteiger partial charge < -0.3 is 15.2 Å². The second kappa shape index (κ2) is 5.02. The molecule has 2 rings (SSSR count). The second-order valence-corrected chi connectivity index (χ2v) is 5.95. The molecule has 2 N–H and O–H groups in total. The smallest absolute Gasteiger partial charge is 0.127 e. The molecule has 19 heavy (non-hydrogen) atoms. The molecule has 0 aromatic heterocycles. The van der Waals surface area contributed by atoms with Crippen molar-refractivity contribution in [3.8, 4) is 11.5 Å². The number of ether oxygens (including phenoxy) is 2. The largest absolute Gasteiger partial charge is 0.497 e. The minimum absolute atomic E-state index is 0.0707. The van der Waals surface area contributed by atoms with Crippen LogP contribution in [0.25, 0.3) is 0 Å². The van der Waals surface area contributed by atoms with Gasteiger partial charge in [-0.15, -0.1) is 0 Å². The molecule has 0 fully saturated rings. The van der Waals surface area contributed by atoms with Crippen LogP contribution in [0, 0.1) is 0 Å². The van der Waals surface area contributed by atoms with Crippen LogP contribution in [0.3, 0.4) is 0 Å². The van der Waals surface area contributed by atoms with Crippen molar-refractivity contribution < 1.29 is 9.47 Å². The SMILES string of the molecule is COc1cc2c(c(OC)c1)C(CN)N(C(C)(C)C)C2. The molecule has 4 heteroatoms.